The maximum absolute atomic E-state index is 10.2. The fourth-order valence-electron chi connectivity index (χ4n) is 4.06. The summed E-state index contributed by atoms with van der Waals surface area (Å²) in [6.07, 6.45) is 2.24. The van der Waals surface area contributed by atoms with E-state index in [1.165, 1.54) is 5.56 Å². The number of nitrogens with one attached hydrogen (secondary N) is 1. The highest BCUT2D eigenvalue weighted by Crippen LogP contribution is 2.20. The van der Waals surface area contributed by atoms with Crippen molar-refractivity contribution in [1.82, 2.24) is 14.9 Å². The van der Waals surface area contributed by atoms with Crippen molar-refractivity contribution in [2.24, 2.45) is 5.92 Å². The molecule has 5 nitrogen and oxygen atoms in total. The molecular weight excluding hydrogens is 398 g/mol. The van der Waals surface area contributed by atoms with Gasteiger partial charge < -0.3 is 19.7 Å². The molecule has 0 saturated carbocycles. The summed E-state index contributed by atoms with van der Waals surface area (Å²) in [5, 5.41) is 13.7. The Hall–Kier alpha value is -2.73. The molecule has 0 fully saturated rings. The minimum absolute atomic E-state index is 0.0291. The highest BCUT2D eigenvalue weighted by atomic mass is 16.5. The van der Waals surface area contributed by atoms with E-state index in [2.05, 4.69) is 73.6 Å². The lowest BCUT2D eigenvalue weighted by atomic mass is 9.96. The zero-order valence-corrected chi connectivity index (χ0v) is 19.4. The molecule has 0 aliphatic carbocycles. The number of ether oxygens (including phenoxy) is 1. The zero-order chi connectivity index (χ0) is 22.9. The quantitative estimate of drug-likeness (QED) is 0.418. The van der Waals surface area contributed by atoms with Crippen LogP contribution in [0.25, 0.3) is 5.82 Å². The lowest BCUT2D eigenvalue weighted by molar-refractivity contribution is 0.00787. The average Bonchev–Trinajstić information content (AvgIpc) is 3.13. The Morgan fingerprint density at radius 2 is 1.81 bits per heavy atom. The third kappa shape index (κ3) is 6.39. The predicted octanol–water partition coefficient (Wildman–Crippen LogP) is 4.31. The van der Waals surface area contributed by atoms with Crippen molar-refractivity contribution in [1.29, 1.82) is 0 Å². The summed E-state index contributed by atoms with van der Waals surface area (Å²) < 4.78 is 8.22. The first-order valence-corrected chi connectivity index (χ1v) is 11.2. The number of pyridine rings is 1. The Kier molecular flexibility index (Phi) is 8.80. The van der Waals surface area contributed by atoms with Gasteiger partial charge in [-0.1, -0.05) is 36.4 Å². The summed E-state index contributed by atoms with van der Waals surface area (Å²) in [6, 6.07) is 18.7. The second-order valence-electron chi connectivity index (χ2n) is 8.37. The molecule has 5 heteroatoms. The first-order valence-electron chi connectivity index (χ1n) is 11.2. The van der Waals surface area contributed by atoms with E-state index in [4.69, 9.17) is 9.72 Å². The van der Waals surface area contributed by atoms with Gasteiger partial charge in [0.1, 0.15) is 5.82 Å². The van der Waals surface area contributed by atoms with E-state index in [-0.39, 0.29) is 18.6 Å². The van der Waals surface area contributed by atoms with Crippen LogP contribution in [0.5, 0.6) is 0 Å². The fourth-order valence-corrected chi connectivity index (χ4v) is 4.06. The molecule has 32 heavy (non-hydrogen) atoms. The maximum Gasteiger partial charge on any atom is 0.137 e. The van der Waals surface area contributed by atoms with E-state index >= 15 is 0 Å². The predicted molar refractivity (Wildman–Crippen MR) is 130 cm³/mol. The smallest absolute Gasteiger partial charge is 0.137 e. The van der Waals surface area contributed by atoms with Gasteiger partial charge in [0.05, 0.1) is 12.7 Å². The molecule has 2 atom stereocenters. The van der Waals surface area contributed by atoms with E-state index in [0.29, 0.717) is 19.6 Å². The number of nitrogens with zero attached hydrogens (tertiary/aromatic N) is 2. The number of hydrogen-bond acceptors (Lipinski definition) is 4. The molecule has 2 N–H and O–H groups in total. The van der Waals surface area contributed by atoms with Crippen LogP contribution in [0.4, 0.5) is 0 Å². The van der Waals surface area contributed by atoms with Crippen molar-refractivity contribution in [3.63, 3.8) is 0 Å². The van der Waals surface area contributed by atoms with Crippen LogP contribution in [-0.2, 0) is 17.7 Å². The van der Waals surface area contributed by atoms with Gasteiger partial charge in [-0.05, 0) is 62.6 Å². The highest BCUT2D eigenvalue weighted by molar-refractivity contribution is 5.35. The molecule has 0 saturated heterocycles. The molecular formula is C27H35N3O2. The summed E-state index contributed by atoms with van der Waals surface area (Å²) in [5.41, 5.74) is 5.64. The van der Waals surface area contributed by atoms with Crippen LogP contribution in [0.2, 0.25) is 0 Å². The first kappa shape index (κ1) is 23.9. The van der Waals surface area contributed by atoms with E-state index in [0.717, 1.165) is 35.0 Å². The van der Waals surface area contributed by atoms with E-state index < -0.39 is 0 Å². The Bertz CT molecular complexity index is 978. The number of benzene rings is 1. The van der Waals surface area contributed by atoms with Gasteiger partial charge in [0.25, 0.3) is 0 Å². The summed E-state index contributed by atoms with van der Waals surface area (Å²) in [6.45, 7) is 11.9. The van der Waals surface area contributed by atoms with Crippen molar-refractivity contribution in [2.45, 2.75) is 39.8 Å². The monoisotopic (exact) mass is 433 g/mol. The van der Waals surface area contributed by atoms with Gasteiger partial charge in [-0.3, -0.25) is 0 Å². The number of aromatic nitrogens is 2. The number of aliphatic hydroxyl groups excluding tert-OH is 1. The van der Waals surface area contributed by atoms with Gasteiger partial charge in [-0.15, -0.1) is 6.58 Å². The Balaban J connectivity index is 1.74. The topological polar surface area (TPSA) is 59.3 Å². The van der Waals surface area contributed by atoms with Crippen molar-refractivity contribution in [3.05, 3.63) is 95.5 Å². The maximum atomic E-state index is 10.2. The van der Waals surface area contributed by atoms with E-state index in [9.17, 15) is 5.11 Å². The summed E-state index contributed by atoms with van der Waals surface area (Å²) in [7, 11) is 0. The van der Waals surface area contributed by atoms with Crippen LogP contribution in [0, 0.1) is 26.7 Å². The normalized spacial score (nSPS) is 13.1. The van der Waals surface area contributed by atoms with Gasteiger partial charge in [-0.25, -0.2) is 4.98 Å². The minimum atomic E-state index is -0.150. The third-order valence-corrected chi connectivity index (χ3v) is 5.69. The molecule has 0 aliphatic heterocycles. The van der Waals surface area contributed by atoms with Crippen LogP contribution < -0.4 is 5.32 Å². The molecule has 1 aromatic carbocycles. The van der Waals surface area contributed by atoms with Crippen molar-refractivity contribution >= 4 is 0 Å². The molecule has 0 bridgehead atoms. The summed E-state index contributed by atoms with van der Waals surface area (Å²) >= 11 is 0. The van der Waals surface area contributed by atoms with Gasteiger partial charge in [0.2, 0.25) is 0 Å². The largest absolute Gasteiger partial charge is 0.396 e. The lowest BCUT2D eigenvalue weighted by Crippen LogP contribution is -2.38. The molecule has 2 heterocycles. The SMILES string of the molecule is C=CCO[C@@H](CNCc1ccccc1)[C@@H](CO)Cc1cc(C)cc(-n2c(C)ccc2C)n1. The second-order valence-corrected chi connectivity index (χ2v) is 8.37. The Labute approximate surface area is 191 Å². The minimum Gasteiger partial charge on any atom is -0.396 e. The van der Waals surface area contributed by atoms with Crippen molar-refractivity contribution in [3.8, 4) is 5.82 Å². The fraction of sp³-hybridized carbons (Fsp3) is 0.370. The van der Waals surface area contributed by atoms with Gasteiger partial charge in [0.15, 0.2) is 0 Å². The Morgan fingerprint density at radius 3 is 2.47 bits per heavy atom. The molecule has 0 spiro atoms. The molecule has 3 rings (SSSR count). The summed E-state index contributed by atoms with van der Waals surface area (Å²) in [5.74, 6) is 0.842. The van der Waals surface area contributed by atoms with Crippen LogP contribution in [-0.4, -0.2) is 40.5 Å². The number of hydrogen-bond donors (Lipinski definition) is 2. The standard InChI is InChI=1S/C27H35N3O2/c1-5-13-32-26(18-28-17-23-9-7-6-8-10-23)24(19-31)16-25-14-20(2)15-27(29-25)30-21(3)11-12-22(30)4/h5-12,14-15,24,26,28,31H,1,13,16-19H2,2-4H3/t24-,26+/m1/s1. The van der Waals surface area contributed by atoms with Gasteiger partial charge in [-0.2, -0.15) is 0 Å². The van der Waals surface area contributed by atoms with E-state index in [1.807, 2.05) is 18.2 Å². The van der Waals surface area contributed by atoms with Gasteiger partial charge >= 0.3 is 0 Å². The zero-order valence-electron chi connectivity index (χ0n) is 19.4. The van der Waals surface area contributed by atoms with Crippen LogP contribution in [0.3, 0.4) is 0 Å². The molecule has 0 amide bonds. The van der Waals surface area contributed by atoms with Crippen LogP contribution >= 0.6 is 0 Å². The van der Waals surface area contributed by atoms with Crippen LogP contribution in [0.1, 0.15) is 28.2 Å². The molecule has 0 aliphatic rings. The molecule has 170 valence electrons. The van der Waals surface area contributed by atoms with Crippen molar-refractivity contribution < 1.29 is 9.84 Å². The number of rotatable bonds is 12. The molecule has 2 aromatic heterocycles. The number of aliphatic hydroxyl groups is 1. The highest BCUT2D eigenvalue weighted by Gasteiger charge is 2.23. The summed E-state index contributed by atoms with van der Waals surface area (Å²) in [4.78, 5) is 4.93. The Morgan fingerprint density at radius 1 is 1.09 bits per heavy atom. The number of aryl methyl sites for hydroxylation is 3. The third-order valence-electron chi connectivity index (χ3n) is 5.69. The molecule has 3 aromatic rings. The van der Waals surface area contributed by atoms with Crippen LogP contribution in [0.15, 0.2) is 67.3 Å². The molecule has 0 radical (unpaired) electrons. The second kappa shape index (κ2) is 11.8. The van der Waals surface area contributed by atoms with Gasteiger partial charge in [0, 0.05) is 42.7 Å². The van der Waals surface area contributed by atoms with E-state index in [1.54, 1.807) is 6.08 Å². The average molecular weight is 434 g/mol. The molecule has 0 unspecified atom stereocenters. The lowest BCUT2D eigenvalue weighted by Gasteiger charge is -2.26. The first-order chi connectivity index (χ1) is 15.5. The van der Waals surface area contributed by atoms with Crippen molar-refractivity contribution in [2.75, 3.05) is 19.8 Å².